The first kappa shape index (κ1) is 47.9. The molecule has 3 aliphatic heterocycles. The Balaban J connectivity index is 1.14. The first-order valence-corrected chi connectivity index (χ1v) is 23.9. The largest absolute Gasteiger partial charge is 0.465 e. The summed E-state index contributed by atoms with van der Waals surface area (Å²) in [6.07, 6.45) is 3.88. The smallest absolute Gasteiger partial charge is 0.413 e. The van der Waals surface area contributed by atoms with Crippen molar-refractivity contribution in [2.24, 2.45) is 0 Å². The number of amides is 5. The highest BCUT2D eigenvalue weighted by Crippen LogP contribution is 2.56. The van der Waals surface area contributed by atoms with Gasteiger partial charge in [-0.05, 0) is 70.5 Å². The molecule has 3 atom stereocenters. The molecule has 3 fully saturated rings. The summed E-state index contributed by atoms with van der Waals surface area (Å²) in [6.45, 7) is 4.86. The number of Topliss-reactive ketones (excluding diaryl/α,β-unsaturated/α-hetero) is 1. The Morgan fingerprint density at radius 2 is 1.46 bits per heavy atom. The maximum Gasteiger partial charge on any atom is 0.413 e. The second kappa shape index (κ2) is 20.7. The van der Waals surface area contributed by atoms with Crippen LogP contribution in [0.15, 0.2) is 97.1 Å². The molecular formula is C53H61N5O10. The number of methoxy groups -OCH3 is 1. The van der Waals surface area contributed by atoms with Crippen LogP contribution in [0.3, 0.4) is 0 Å². The number of fused-ring (bicyclic) bond motifs is 3. The van der Waals surface area contributed by atoms with E-state index in [2.05, 4.69) is 24.5 Å². The summed E-state index contributed by atoms with van der Waals surface area (Å²) in [5.41, 5.74) is 5.44. The van der Waals surface area contributed by atoms with E-state index in [0.29, 0.717) is 30.2 Å². The standard InChI is InChI=1S/C53H61N5O10/c1-4-6-14-24-52(25-15-7-5-2)42-29-37(54-48(61)44-32-53(67-26-27-68-53)34-57(44)46(60)28-35-16-10-8-11-17-35)20-22-40(42)41-23-21-38(30-43(41)52)58(51(64)65)45-31-39(59)33-56(45)49(62)47(55-50(63)66-3)36-18-12-9-13-19-36/h8-13,16-23,29-30,44-45,47H,4-7,14-15,24-28,31-34H2,1-3H3,(H,54,61)(H,55,63)(H,64,65)/t44-,45-,47+/m0/s1. The fraction of sp³-hybridized carbons (Fsp3) is 0.434. The number of carbonyl (C=O) groups is 6. The molecule has 3 saturated heterocycles. The molecule has 4 aromatic rings. The maximum atomic E-state index is 14.5. The third-order valence-corrected chi connectivity index (χ3v) is 14.0. The molecule has 15 heteroatoms. The molecule has 4 aromatic carbocycles. The van der Waals surface area contributed by atoms with Gasteiger partial charge in [-0.3, -0.25) is 24.1 Å². The number of carbonyl (C=O) groups excluding carboxylic acids is 5. The van der Waals surface area contributed by atoms with E-state index in [0.717, 1.165) is 84.1 Å². The van der Waals surface area contributed by atoms with Crippen LogP contribution < -0.4 is 15.5 Å². The van der Waals surface area contributed by atoms with E-state index in [4.69, 9.17) is 14.2 Å². The minimum Gasteiger partial charge on any atom is -0.465 e. The zero-order valence-electron chi connectivity index (χ0n) is 39.0. The van der Waals surface area contributed by atoms with Crippen molar-refractivity contribution in [1.82, 2.24) is 15.1 Å². The van der Waals surface area contributed by atoms with Crippen LogP contribution in [0.4, 0.5) is 21.0 Å². The van der Waals surface area contributed by atoms with Crippen LogP contribution in [0.5, 0.6) is 0 Å². The van der Waals surface area contributed by atoms with Gasteiger partial charge in [-0.15, -0.1) is 0 Å². The van der Waals surface area contributed by atoms with Crippen LogP contribution in [-0.4, -0.2) is 102 Å². The van der Waals surface area contributed by atoms with E-state index in [1.807, 2.05) is 60.7 Å². The molecule has 0 unspecified atom stereocenters. The second-order valence-electron chi connectivity index (χ2n) is 18.3. The molecule has 0 saturated carbocycles. The number of rotatable bonds is 17. The van der Waals surface area contributed by atoms with Crippen molar-refractivity contribution in [2.45, 2.75) is 114 Å². The van der Waals surface area contributed by atoms with Crippen LogP contribution in [0.2, 0.25) is 0 Å². The van der Waals surface area contributed by atoms with Crippen LogP contribution in [-0.2, 0) is 45.2 Å². The number of anilines is 2. The zero-order chi connectivity index (χ0) is 48.0. The quantitative estimate of drug-likeness (QED) is 0.0870. The van der Waals surface area contributed by atoms with E-state index in [-0.39, 0.29) is 49.9 Å². The first-order chi connectivity index (χ1) is 32.9. The zero-order valence-corrected chi connectivity index (χ0v) is 39.0. The normalized spacial score (nSPS) is 19.1. The maximum absolute atomic E-state index is 14.5. The molecule has 3 heterocycles. The number of ketones is 1. The van der Waals surface area contributed by atoms with Crippen molar-refractivity contribution in [3.8, 4) is 11.1 Å². The first-order valence-electron chi connectivity index (χ1n) is 23.9. The molecule has 358 valence electrons. The van der Waals surface area contributed by atoms with Gasteiger partial charge in [0, 0.05) is 29.6 Å². The molecule has 0 radical (unpaired) electrons. The van der Waals surface area contributed by atoms with Crippen molar-refractivity contribution in [3.05, 3.63) is 119 Å². The molecule has 68 heavy (non-hydrogen) atoms. The Bertz CT molecular complexity index is 2500. The van der Waals surface area contributed by atoms with Gasteiger partial charge < -0.3 is 39.8 Å². The molecule has 8 rings (SSSR count). The molecule has 0 aromatic heterocycles. The van der Waals surface area contributed by atoms with Gasteiger partial charge in [-0.25, -0.2) is 9.59 Å². The average Bonchev–Trinajstić information content (AvgIpc) is 4.13. The number of unbranched alkanes of at least 4 members (excludes halogenated alkanes) is 4. The fourth-order valence-corrected chi connectivity index (χ4v) is 10.7. The minimum absolute atomic E-state index is 0.128. The van der Waals surface area contributed by atoms with Gasteiger partial charge in [0.25, 0.3) is 5.91 Å². The monoisotopic (exact) mass is 927 g/mol. The number of carboxylic acid groups (broad SMARTS) is 1. The number of alkyl carbamates (subject to hydrolysis) is 1. The van der Waals surface area contributed by atoms with Crippen molar-refractivity contribution in [1.29, 1.82) is 0 Å². The van der Waals surface area contributed by atoms with Gasteiger partial charge in [0.1, 0.15) is 18.2 Å². The van der Waals surface area contributed by atoms with Crippen LogP contribution >= 0.6 is 0 Å². The summed E-state index contributed by atoms with van der Waals surface area (Å²) in [5.74, 6) is -2.57. The highest BCUT2D eigenvalue weighted by molar-refractivity contribution is 6.00. The second-order valence-corrected chi connectivity index (χ2v) is 18.3. The van der Waals surface area contributed by atoms with Crippen LogP contribution in [0.1, 0.15) is 106 Å². The molecule has 4 aliphatic rings. The fourth-order valence-electron chi connectivity index (χ4n) is 10.7. The number of nitrogens with one attached hydrogen (secondary N) is 2. The third kappa shape index (κ3) is 9.72. The van der Waals surface area contributed by atoms with E-state index < -0.39 is 47.5 Å². The highest BCUT2D eigenvalue weighted by atomic mass is 16.7. The lowest BCUT2D eigenvalue weighted by atomic mass is 9.70. The summed E-state index contributed by atoms with van der Waals surface area (Å²) in [6, 6.07) is 27.3. The number of likely N-dealkylation sites (tertiary alicyclic amines) is 2. The number of benzene rings is 4. The summed E-state index contributed by atoms with van der Waals surface area (Å²) in [5, 5.41) is 16.8. The number of ether oxygens (including phenoxy) is 3. The molecule has 0 bridgehead atoms. The van der Waals surface area contributed by atoms with Crippen LogP contribution in [0, 0.1) is 0 Å². The Hall–Kier alpha value is -6.58. The molecule has 3 N–H and O–H groups in total. The van der Waals surface area contributed by atoms with E-state index in [1.54, 1.807) is 41.3 Å². The SMILES string of the molecule is CCCCCC1(CCCCC)c2cc(NC(=O)[C@@H]3CC4(CN3C(=O)Cc3ccccc3)OCCO4)ccc2-c2ccc(N(C(=O)O)[C@H]3CC(=O)CN3C(=O)[C@H](NC(=O)OC)c3ccccc3)cc21. The van der Waals surface area contributed by atoms with E-state index in [1.165, 1.54) is 12.0 Å². The van der Waals surface area contributed by atoms with Crippen molar-refractivity contribution in [2.75, 3.05) is 43.6 Å². The Labute approximate surface area is 397 Å². The summed E-state index contributed by atoms with van der Waals surface area (Å²) in [4.78, 5) is 86.1. The van der Waals surface area contributed by atoms with Crippen molar-refractivity contribution in [3.63, 3.8) is 0 Å². The lowest BCUT2D eigenvalue weighted by Gasteiger charge is -2.36. The molecule has 15 nitrogen and oxygen atoms in total. The topological polar surface area (TPSA) is 184 Å². The van der Waals surface area contributed by atoms with E-state index >= 15 is 0 Å². The minimum atomic E-state index is -1.35. The number of hydrogen-bond acceptors (Lipinski definition) is 9. The highest BCUT2D eigenvalue weighted by Gasteiger charge is 2.53. The number of nitrogens with zero attached hydrogens (tertiary/aromatic N) is 3. The lowest BCUT2D eigenvalue weighted by molar-refractivity contribution is -0.152. The Morgan fingerprint density at radius 1 is 0.824 bits per heavy atom. The molecule has 1 spiro atoms. The summed E-state index contributed by atoms with van der Waals surface area (Å²) >= 11 is 0. The third-order valence-electron chi connectivity index (χ3n) is 14.0. The predicted octanol–water partition coefficient (Wildman–Crippen LogP) is 8.35. The molecule has 5 amide bonds. The summed E-state index contributed by atoms with van der Waals surface area (Å²) in [7, 11) is 1.18. The Kier molecular flexibility index (Phi) is 14.6. The van der Waals surface area contributed by atoms with Gasteiger partial charge in [0.05, 0.1) is 39.8 Å². The van der Waals surface area contributed by atoms with Gasteiger partial charge in [0.2, 0.25) is 11.8 Å². The van der Waals surface area contributed by atoms with E-state index in [9.17, 15) is 33.9 Å². The van der Waals surface area contributed by atoms with Gasteiger partial charge in [0.15, 0.2) is 11.6 Å². The molecular weight excluding hydrogens is 867 g/mol. The predicted molar refractivity (Wildman–Crippen MR) is 255 cm³/mol. The lowest BCUT2D eigenvalue weighted by Crippen LogP contribution is -2.53. The van der Waals surface area contributed by atoms with Crippen molar-refractivity contribution >= 4 is 47.1 Å². The number of hydrogen-bond donors (Lipinski definition) is 3. The van der Waals surface area contributed by atoms with Crippen LogP contribution in [0.25, 0.3) is 11.1 Å². The van der Waals surface area contributed by atoms with Gasteiger partial charge in [-0.1, -0.05) is 125 Å². The average molecular weight is 928 g/mol. The van der Waals surface area contributed by atoms with Gasteiger partial charge in [-0.2, -0.15) is 0 Å². The molecule has 1 aliphatic carbocycles. The summed E-state index contributed by atoms with van der Waals surface area (Å²) < 4.78 is 16.9. The van der Waals surface area contributed by atoms with Crippen molar-refractivity contribution < 1.29 is 48.1 Å². The van der Waals surface area contributed by atoms with Gasteiger partial charge >= 0.3 is 12.2 Å². The Morgan fingerprint density at radius 3 is 2.09 bits per heavy atom.